The monoisotopic (exact) mass is 369 g/mol. The van der Waals surface area contributed by atoms with Gasteiger partial charge in [-0.2, -0.15) is 0 Å². The van der Waals surface area contributed by atoms with E-state index in [1.54, 1.807) is 0 Å². The number of carbonyl (C=O) groups excluding carboxylic acids is 1. The van der Waals surface area contributed by atoms with E-state index in [2.05, 4.69) is 4.99 Å². The van der Waals surface area contributed by atoms with Gasteiger partial charge in [0.1, 0.15) is 17.7 Å². The van der Waals surface area contributed by atoms with Crippen LogP contribution in [0.5, 0.6) is 0 Å². The fourth-order valence-electron chi connectivity index (χ4n) is 2.51. The number of nitrogens with two attached hydrogens (primary N) is 1. The van der Waals surface area contributed by atoms with Crippen molar-refractivity contribution in [1.29, 1.82) is 0 Å². The minimum Gasteiger partial charge on any atom is -0.271 e. The number of nitrogens with zero attached hydrogens (tertiary/aromatic N) is 2. The van der Waals surface area contributed by atoms with Crippen molar-refractivity contribution in [2.24, 2.45) is 10.8 Å². The van der Waals surface area contributed by atoms with Crippen LogP contribution in [0.1, 0.15) is 18.1 Å². The lowest BCUT2D eigenvalue weighted by Crippen LogP contribution is -2.42. The molecule has 8 heteroatoms. The Morgan fingerprint density at radius 2 is 1.75 bits per heavy atom. The van der Waals surface area contributed by atoms with Gasteiger partial charge < -0.3 is 0 Å². The molecule has 0 spiro atoms. The van der Waals surface area contributed by atoms with Crippen LogP contribution in [0.2, 0.25) is 10.0 Å². The van der Waals surface area contributed by atoms with Crippen molar-refractivity contribution in [2.75, 3.05) is 5.01 Å². The SMILES string of the molecule is C[C@@H]1N=C(c2c(F)cccc2F)c2c(ccc(Cl)c2Cl)N(N)C1=O. The molecule has 2 aromatic rings. The number of benzodiazepines with no additional fused rings is 1. The highest BCUT2D eigenvalue weighted by Crippen LogP contribution is 2.37. The third kappa shape index (κ3) is 2.56. The second-order valence-corrected chi connectivity index (χ2v) is 6.00. The van der Waals surface area contributed by atoms with Crippen molar-refractivity contribution in [2.45, 2.75) is 13.0 Å². The molecule has 24 heavy (non-hydrogen) atoms. The molecule has 4 nitrogen and oxygen atoms in total. The normalized spacial score (nSPS) is 17.4. The van der Waals surface area contributed by atoms with E-state index < -0.39 is 29.1 Å². The number of hydrazine groups is 1. The van der Waals surface area contributed by atoms with E-state index in [1.165, 1.54) is 25.1 Å². The van der Waals surface area contributed by atoms with Crippen molar-refractivity contribution >= 4 is 40.5 Å². The Hall–Kier alpha value is -2.02. The van der Waals surface area contributed by atoms with Crippen LogP contribution in [0, 0.1) is 11.6 Å². The van der Waals surface area contributed by atoms with Gasteiger partial charge in [0.25, 0.3) is 5.91 Å². The van der Waals surface area contributed by atoms with Gasteiger partial charge >= 0.3 is 0 Å². The highest BCUT2D eigenvalue weighted by molar-refractivity contribution is 6.45. The molecule has 0 unspecified atom stereocenters. The smallest absolute Gasteiger partial charge is 0.265 e. The summed E-state index contributed by atoms with van der Waals surface area (Å²) >= 11 is 12.3. The average molecular weight is 370 g/mol. The molecule has 0 aromatic heterocycles. The first-order valence-corrected chi connectivity index (χ1v) is 7.67. The summed E-state index contributed by atoms with van der Waals surface area (Å²) in [5.74, 6) is 3.63. The van der Waals surface area contributed by atoms with E-state index in [4.69, 9.17) is 29.0 Å². The van der Waals surface area contributed by atoms with Crippen LogP contribution >= 0.6 is 23.2 Å². The number of hydrogen-bond acceptors (Lipinski definition) is 3. The standard InChI is InChI=1S/C16H11Cl2F2N3O/c1-7-16(24)23(21)11-6-5-8(17)14(18)13(11)15(22-7)12-9(19)3-2-4-10(12)20/h2-7H,21H2,1H3/t7-/m0/s1. The summed E-state index contributed by atoms with van der Waals surface area (Å²) in [4.78, 5) is 16.4. The zero-order valence-electron chi connectivity index (χ0n) is 12.4. The minimum absolute atomic E-state index is 0.00733. The van der Waals surface area contributed by atoms with Gasteiger partial charge in [-0.1, -0.05) is 29.3 Å². The Balaban J connectivity index is 2.41. The summed E-state index contributed by atoms with van der Waals surface area (Å²) in [5, 5.41) is 1.01. The summed E-state index contributed by atoms with van der Waals surface area (Å²) in [6.07, 6.45) is 0. The van der Waals surface area contributed by atoms with E-state index in [-0.39, 0.29) is 27.0 Å². The first-order chi connectivity index (χ1) is 11.3. The lowest BCUT2D eigenvalue weighted by molar-refractivity contribution is -0.119. The van der Waals surface area contributed by atoms with Gasteiger partial charge in [0.2, 0.25) is 0 Å². The number of aliphatic imine (C=N–C) groups is 1. The van der Waals surface area contributed by atoms with E-state index in [9.17, 15) is 13.6 Å². The van der Waals surface area contributed by atoms with Gasteiger partial charge in [0.15, 0.2) is 0 Å². The van der Waals surface area contributed by atoms with Crippen LogP contribution in [0.4, 0.5) is 14.5 Å². The van der Waals surface area contributed by atoms with Gasteiger partial charge in [0.05, 0.1) is 27.0 Å². The maximum Gasteiger partial charge on any atom is 0.265 e. The summed E-state index contributed by atoms with van der Waals surface area (Å²) in [6, 6.07) is 5.36. The Labute approximate surface area is 146 Å². The molecule has 2 aromatic carbocycles. The lowest BCUT2D eigenvalue weighted by Gasteiger charge is -2.19. The van der Waals surface area contributed by atoms with E-state index >= 15 is 0 Å². The molecule has 1 amide bonds. The fourth-order valence-corrected chi connectivity index (χ4v) is 2.92. The van der Waals surface area contributed by atoms with E-state index in [1.807, 2.05) is 0 Å². The molecule has 2 N–H and O–H groups in total. The first kappa shape index (κ1) is 16.8. The predicted molar refractivity (Wildman–Crippen MR) is 89.6 cm³/mol. The number of halogens is 4. The third-order valence-corrected chi connectivity index (χ3v) is 4.49. The number of fused-ring (bicyclic) bond motifs is 1. The summed E-state index contributed by atoms with van der Waals surface area (Å²) in [7, 11) is 0. The maximum absolute atomic E-state index is 14.3. The van der Waals surface area contributed by atoms with E-state index in [0.717, 1.165) is 17.1 Å². The number of rotatable bonds is 1. The third-order valence-electron chi connectivity index (χ3n) is 3.69. The molecule has 0 radical (unpaired) electrons. The fraction of sp³-hybridized carbons (Fsp3) is 0.125. The van der Waals surface area contributed by atoms with Crippen LogP contribution < -0.4 is 10.9 Å². The molecule has 0 fully saturated rings. The van der Waals surface area contributed by atoms with Crippen molar-refractivity contribution < 1.29 is 13.6 Å². The van der Waals surface area contributed by atoms with Crippen molar-refractivity contribution in [3.8, 4) is 0 Å². The predicted octanol–water partition coefficient (Wildman–Crippen LogP) is 3.72. The molecule has 1 aliphatic rings. The molecular weight excluding hydrogens is 359 g/mol. The zero-order chi connectivity index (χ0) is 17.6. The molecule has 1 heterocycles. The highest BCUT2D eigenvalue weighted by atomic mass is 35.5. The topological polar surface area (TPSA) is 58.7 Å². The Morgan fingerprint density at radius 1 is 1.12 bits per heavy atom. The number of anilines is 1. The molecule has 3 rings (SSSR count). The van der Waals surface area contributed by atoms with Crippen LogP contribution in [0.25, 0.3) is 0 Å². The molecule has 0 bridgehead atoms. The largest absolute Gasteiger partial charge is 0.271 e. The molecule has 0 aliphatic carbocycles. The Morgan fingerprint density at radius 3 is 2.38 bits per heavy atom. The van der Waals surface area contributed by atoms with Crippen molar-refractivity contribution in [3.63, 3.8) is 0 Å². The average Bonchev–Trinajstić information content (AvgIpc) is 2.62. The Bertz CT molecular complexity index is 866. The molecule has 0 saturated carbocycles. The lowest BCUT2D eigenvalue weighted by atomic mass is 9.99. The number of carbonyl (C=O) groups is 1. The zero-order valence-corrected chi connectivity index (χ0v) is 13.9. The summed E-state index contributed by atoms with van der Waals surface area (Å²) in [6.45, 7) is 1.47. The van der Waals surface area contributed by atoms with E-state index in [0.29, 0.717) is 0 Å². The maximum atomic E-state index is 14.3. The molecule has 124 valence electrons. The van der Waals surface area contributed by atoms with Gasteiger partial charge in [-0.05, 0) is 31.2 Å². The molecular formula is C16H11Cl2F2N3O. The van der Waals surface area contributed by atoms with Gasteiger partial charge in [0, 0.05) is 5.56 Å². The van der Waals surface area contributed by atoms with Gasteiger partial charge in [-0.3, -0.25) is 9.79 Å². The van der Waals surface area contributed by atoms with Crippen LogP contribution in [-0.2, 0) is 4.79 Å². The quantitative estimate of drug-likeness (QED) is 0.615. The molecule has 1 atom stereocenters. The molecule has 0 saturated heterocycles. The second-order valence-electron chi connectivity index (χ2n) is 5.21. The van der Waals surface area contributed by atoms with Crippen LogP contribution in [0.15, 0.2) is 35.3 Å². The minimum atomic E-state index is -0.953. The summed E-state index contributed by atoms with van der Waals surface area (Å²) < 4.78 is 28.6. The van der Waals surface area contributed by atoms with Crippen LogP contribution in [-0.4, -0.2) is 17.7 Å². The van der Waals surface area contributed by atoms with Crippen molar-refractivity contribution in [3.05, 3.63) is 63.1 Å². The number of amides is 1. The highest BCUT2D eigenvalue weighted by Gasteiger charge is 2.32. The van der Waals surface area contributed by atoms with Gasteiger partial charge in [-0.15, -0.1) is 0 Å². The first-order valence-electron chi connectivity index (χ1n) is 6.92. The number of benzene rings is 2. The number of hydrogen-bond donors (Lipinski definition) is 1. The van der Waals surface area contributed by atoms with Crippen LogP contribution in [0.3, 0.4) is 0 Å². The summed E-state index contributed by atoms with van der Waals surface area (Å²) in [5.41, 5.74) is -0.228. The molecule has 1 aliphatic heterocycles. The second kappa shape index (κ2) is 6.12. The van der Waals surface area contributed by atoms with Crippen molar-refractivity contribution in [1.82, 2.24) is 0 Å². The Kier molecular flexibility index (Phi) is 4.29. The van der Waals surface area contributed by atoms with Gasteiger partial charge in [-0.25, -0.2) is 19.6 Å².